The van der Waals surface area contributed by atoms with Crippen LogP contribution in [0.5, 0.6) is 5.75 Å². The summed E-state index contributed by atoms with van der Waals surface area (Å²) < 4.78 is 0. The summed E-state index contributed by atoms with van der Waals surface area (Å²) in [4.78, 5) is 68.1. The third kappa shape index (κ3) is 9.51. The smallest absolute Gasteiger partial charge is 0.326 e. The highest BCUT2D eigenvalue weighted by Gasteiger charge is 2.31. The van der Waals surface area contributed by atoms with Crippen LogP contribution in [-0.2, 0) is 36.8 Å². The molecule has 0 saturated carbocycles. The molecule has 0 bridgehead atoms. The zero-order chi connectivity index (χ0) is 28.2. The molecule has 38 heavy (non-hydrogen) atoms. The van der Waals surface area contributed by atoms with Crippen molar-refractivity contribution < 1.29 is 39.3 Å². The number of nitrogens with two attached hydrogens (primary N) is 2. The molecule has 1 aromatic heterocycles. The molecule has 0 aliphatic rings. The van der Waals surface area contributed by atoms with Crippen molar-refractivity contribution >= 4 is 29.6 Å². The maximum Gasteiger partial charge on any atom is 0.326 e. The van der Waals surface area contributed by atoms with E-state index >= 15 is 0 Å². The highest BCUT2D eigenvalue weighted by atomic mass is 16.4. The summed E-state index contributed by atoms with van der Waals surface area (Å²) >= 11 is 0. The molecule has 0 fully saturated rings. The van der Waals surface area contributed by atoms with Gasteiger partial charge in [-0.1, -0.05) is 12.1 Å². The predicted molar refractivity (Wildman–Crippen MR) is 131 cm³/mol. The van der Waals surface area contributed by atoms with Crippen LogP contribution in [0, 0.1) is 0 Å². The Morgan fingerprint density at radius 2 is 1.53 bits per heavy atom. The molecule has 2 rings (SSSR count). The van der Waals surface area contributed by atoms with Crippen LogP contribution in [-0.4, -0.2) is 85.7 Å². The van der Waals surface area contributed by atoms with E-state index in [1.165, 1.54) is 36.8 Å². The Morgan fingerprint density at radius 1 is 0.921 bits per heavy atom. The van der Waals surface area contributed by atoms with Gasteiger partial charge >= 0.3 is 5.97 Å². The number of amides is 4. The van der Waals surface area contributed by atoms with Crippen LogP contribution in [0.15, 0.2) is 36.8 Å². The minimum atomic E-state index is -1.37. The number of primary amides is 1. The van der Waals surface area contributed by atoms with Crippen molar-refractivity contribution in [1.29, 1.82) is 0 Å². The van der Waals surface area contributed by atoms with Gasteiger partial charge in [0.05, 0.1) is 12.9 Å². The van der Waals surface area contributed by atoms with Crippen LogP contribution in [0.4, 0.5) is 0 Å². The van der Waals surface area contributed by atoms with E-state index in [-0.39, 0.29) is 31.4 Å². The summed E-state index contributed by atoms with van der Waals surface area (Å²) in [5.41, 5.74) is 11.6. The first kappa shape index (κ1) is 29.7. The van der Waals surface area contributed by atoms with Crippen molar-refractivity contribution in [2.45, 2.75) is 49.9 Å². The van der Waals surface area contributed by atoms with Gasteiger partial charge in [0.2, 0.25) is 23.6 Å². The van der Waals surface area contributed by atoms with E-state index in [0.29, 0.717) is 11.3 Å². The summed E-state index contributed by atoms with van der Waals surface area (Å²) in [6.45, 7) is -0.696. The number of hydrogen-bond acceptors (Lipinski definition) is 9. The molecule has 15 heteroatoms. The molecule has 0 aliphatic carbocycles. The summed E-state index contributed by atoms with van der Waals surface area (Å²) in [6, 6.07) is 0.400. The largest absolute Gasteiger partial charge is 0.508 e. The Bertz CT molecular complexity index is 1110. The maximum absolute atomic E-state index is 13.2. The van der Waals surface area contributed by atoms with E-state index in [1.807, 2.05) is 0 Å². The Kier molecular flexibility index (Phi) is 11.2. The first-order chi connectivity index (χ1) is 18.0. The average Bonchev–Trinajstić information content (AvgIpc) is 3.39. The summed E-state index contributed by atoms with van der Waals surface area (Å²) in [7, 11) is 0. The summed E-state index contributed by atoms with van der Waals surface area (Å²) in [5, 5.41) is 35.3. The fraction of sp³-hybridized carbons (Fsp3) is 0.391. The molecule has 0 saturated heterocycles. The summed E-state index contributed by atoms with van der Waals surface area (Å²) in [6.07, 6.45) is 2.03. The van der Waals surface area contributed by atoms with E-state index < -0.39 is 60.4 Å². The maximum atomic E-state index is 13.2. The number of aromatic nitrogens is 2. The second-order valence-corrected chi connectivity index (χ2v) is 8.47. The Hall–Kier alpha value is -4.50. The lowest BCUT2D eigenvalue weighted by Gasteiger charge is -2.25. The van der Waals surface area contributed by atoms with Crippen LogP contribution in [0.2, 0.25) is 0 Å². The zero-order valence-electron chi connectivity index (χ0n) is 20.3. The molecule has 0 spiro atoms. The molecule has 2 aromatic rings. The number of carbonyl (C=O) groups is 5. The minimum Gasteiger partial charge on any atom is -0.508 e. The fourth-order valence-electron chi connectivity index (χ4n) is 3.36. The number of rotatable bonds is 15. The number of nitrogens with zero attached hydrogens (tertiary/aromatic N) is 1. The second-order valence-electron chi connectivity index (χ2n) is 8.47. The lowest BCUT2D eigenvalue weighted by atomic mass is 10.0. The molecule has 0 aliphatic heterocycles. The zero-order valence-corrected chi connectivity index (χ0v) is 20.3. The van der Waals surface area contributed by atoms with E-state index in [1.54, 1.807) is 0 Å². The van der Waals surface area contributed by atoms with Gasteiger partial charge in [0.15, 0.2) is 0 Å². The number of aliphatic hydroxyl groups is 1. The predicted octanol–water partition coefficient (Wildman–Crippen LogP) is -2.98. The molecule has 1 aromatic carbocycles. The van der Waals surface area contributed by atoms with Crippen molar-refractivity contribution in [2.75, 3.05) is 6.61 Å². The molecule has 4 amide bonds. The standard InChI is InChI=1S/C23H31N7O8/c24-15(10-31)20(34)28-16(5-6-19(25)33)21(35)29-17(8-13-9-26-11-27-13)22(36)30-18(23(37)38)7-12-1-3-14(32)4-2-12/h1-4,9,11,15-18,31-32H,5-8,10,24H2,(H2,25,33)(H,26,27)(H,28,34)(H,29,35)(H,30,36)(H,37,38). The number of aliphatic hydroxyl groups excluding tert-OH is 1. The molecule has 1 heterocycles. The van der Waals surface area contributed by atoms with Crippen LogP contribution < -0.4 is 27.4 Å². The number of aromatic amines is 1. The molecule has 11 N–H and O–H groups in total. The number of phenolic OH excluding ortho intramolecular Hbond substituents is 1. The third-order valence-electron chi connectivity index (χ3n) is 5.45. The minimum absolute atomic E-state index is 0.00933. The van der Waals surface area contributed by atoms with Crippen molar-refractivity contribution in [2.24, 2.45) is 11.5 Å². The van der Waals surface area contributed by atoms with Crippen LogP contribution in [0.25, 0.3) is 0 Å². The van der Waals surface area contributed by atoms with Crippen molar-refractivity contribution in [3.63, 3.8) is 0 Å². The topological polar surface area (TPSA) is 263 Å². The second kappa shape index (κ2) is 14.3. The van der Waals surface area contributed by atoms with Crippen LogP contribution in [0.3, 0.4) is 0 Å². The molecule has 4 atom stereocenters. The molecule has 206 valence electrons. The number of nitrogens with one attached hydrogen (secondary N) is 4. The number of aromatic hydroxyl groups is 1. The quantitative estimate of drug-likeness (QED) is 0.112. The average molecular weight is 534 g/mol. The highest BCUT2D eigenvalue weighted by Crippen LogP contribution is 2.12. The number of H-pyrrole nitrogens is 1. The first-order valence-corrected chi connectivity index (χ1v) is 11.5. The molecule has 15 nitrogen and oxygen atoms in total. The molecular weight excluding hydrogens is 502 g/mol. The first-order valence-electron chi connectivity index (χ1n) is 11.5. The molecular formula is C23H31N7O8. The van der Waals surface area contributed by atoms with Gasteiger partial charge in [0, 0.05) is 31.2 Å². The summed E-state index contributed by atoms with van der Waals surface area (Å²) in [5.74, 6) is -4.66. The lowest BCUT2D eigenvalue weighted by molar-refractivity contribution is -0.142. The van der Waals surface area contributed by atoms with Crippen molar-refractivity contribution in [1.82, 2.24) is 25.9 Å². The number of carboxylic acids is 1. The number of imidazole rings is 1. The van der Waals surface area contributed by atoms with Gasteiger partial charge in [-0.15, -0.1) is 0 Å². The van der Waals surface area contributed by atoms with E-state index in [0.717, 1.165) is 0 Å². The number of carboxylic acid groups (broad SMARTS) is 1. The SMILES string of the molecule is NC(=O)CCC(NC(=O)C(N)CO)C(=O)NC(Cc1cnc[nH]1)C(=O)NC(Cc1ccc(O)cc1)C(=O)O. The normalized spacial score (nSPS) is 13.9. The van der Waals surface area contributed by atoms with Gasteiger partial charge in [-0.25, -0.2) is 9.78 Å². The number of phenols is 1. The Morgan fingerprint density at radius 3 is 2.08 bits per heavy atom. The fourth-order valence-corrected chi connectivity index (χ4v) is 3.36. The number of benzene rings is 1. The van der Waals surface area contributed by atoms with Gasteiger partial charge in [-0.2, -0.15) is 0 Å². The number of carbonyl (C=O) groups excluding carboxylic acids is 4. The lowest BCUT2D eigenvalue weighted by Crippen LogP contribution is -2.58. The van der Waals surface area contributed by atoms with E-state index in [2.05, 4.69) is 25.9 Å². The van der Waals surface area contributed by atoms with Gasteiger partial charge in [-0.3, -0.25) is 19.2 Å². The van der Waals surface area contributed by atoms with Gasteiger partial charge in [0.1, 0.15) is 29.9 Å². The van der Waals surface area contributed by atoms with Crippen molar-refractivity contribution in [3.05, 3.63) is 48.0 Å². The monoisotopic (exact) mass is 533 g/mol. The Labute approximate surface area is 217 Å². The van der Waals surface area contributed by atoms with E-state index in [4.69, 9.17) is 16.6 Å². The van der Waals surface area contributed by atoms with Gasteiger partial charge < -0.3 is 47.7 Å². The number of aliphatic carboxylic acids is 1. The Balaban J connectivity index is 2.22. The number of hydrogen-bond donors (Lipinski definition) is 9. The molecule has 4 unspecified atom stereocenters. The van der Waals surface area contributed by atoms with Crippen LogP contribution in [0.1, 0.15) is 24.1 Å². The van der Waals surface area contributed by atoms with Gasteiger partial charge in [-0.05, 0) is 24.1 Å². The molecule has 0 radical (unpaired) electrons. The van der Waals surface area contributed by atoms with Crippen LogP contribution >= 0.6 is 0 Å². The van der Waals surface area contributed by atoms with Crippen molar-refractivity contribution in [3.8, 4) is 5.75 Å². The van der Waals surface area contributed by atoms with E-state index in [9.17, 15) is 34.2 Å². The van der Waals surface area contributed by atoms with Gasteiger partial charge in [0.25, 0.3) is 0 Å². The highest BCUT2D eigenvalue weighted by molar-refractivity contribution is 5.94. The third-order valence-corrected chi connectivity index (χ3v) is 5.45.